The molecule has 3 nitrogen and oxygen atoms in total. The summed E-state index contributed by atoms with van der Waals surface area (Å²) in [5.74, 6) is 1.30. The number of aryl methyl sites for hydroxylation is 2. The average molecular weight is 230 g/mol. The largest absolute Gasteiger partial charge is 0.378 e. The number of fused-ring (bicyclic) bond motifs is 1. The Bertz CT molecular complexity index is 538. The molecular formula is C14H18N2O. The van der Waals surface area contributed by atoms with Gasteiger partial charge in [0.1, 0.15) is 5.82 Å². The van der Waals surface area contributed by atoms with Crippen LogP contribution >= 0.6 is 0 Å². The van der Waals surface area contributed by atoms with Crippen LogP contribution in [0.25, 0.3) is 10.9 Å². The summed E-state index contributed by atoms with van der Waals surface area (Å²) in [5, 5.41) is 1.36. The van der Waals surface area contributed by atoms with E-state index in [1.807, 2.05) is 0 Å². The standard InChI is InChI=1S/C14H18N2O/c1-11-4-3-5-13-12(11)10-14(15(13)2)16-6-8-17-9-7-16/h3-5,10H,6-9H2,1-2H3. The van der Waals surface area contributed by atoms with Crippen LogP contribution < -0.4 is 4.90 Å². The molecule has 90 valence electrons. The number of morpholine rings is 1. The molecule has 0 N–H and O–H groups in total. The summed E-state index contributed by atoms with van der Waals surface area (Å²) in [6.07, 6.45) is 0. The Morgan fingerprint density at radius 3 is 2.65 bits per heavy atom. The van der Waals surface area contributed by atoms with Gasteiger partial charge < -0.3 is 14.2 Å². The minimum Gasteiger partial charge on any atom is -0.378 e. The number of nitrogens with zero attached hydrogens (tertiary/aromatic N) is 2. The van der Waals surface area contributed by atoms with Gasteiger partial charge in [-0.3, -0.25) is 0 Å². The van der Waals surface area contributed by atoms with Gasteiger partial charge in [-0.05, 0) is 24.6 Å². The third-order valence-electron chi connectivity index (χ3n) is 3.61. The minimum absolute atomic E-state index is 0.834. The van der Waals surface area contributed by atoms with E-state index >= 15 is 0 Å². The molecule has 2 aromatic rings. The van der Waals surface area contributed by atoms with Crippen LogP contribution in [0, 0.1) is 6.92 Å². The topological polar surface area (TPSA) is 17.4 Å². The maximum Gasteiger partial charge on any atom is 0.109 e. The molecule has 1 fully saturated rings. The predicted octanol–water partition coefficient (Wildman–Crippen LogP) is 2.32. The van der Waals surface area contributed by atoms with E-state index in [-0.39, 0.29) is 0 Å². The van der Waals surface area contributed by atoms with E-state index in [9.17, 15) is 0 Å². The fourth-order valence-corrected chi connectivity index (χ4v) is 2.59. The highest BCUT2D eigenvalue weighted by atomic mass is 16.5. The number of hydrogen-bond donors (Lipinski definition) is 0. The normalized spacial score (nSPS) is 16.7. The molecule has 0 aliphatic carbocycles. The Morgan fingerprint density at radius 1 is 1.18 bits per heavy atom. The molecular weight excluding hydrogens is 212 g/mol. The van der Waals surface area contributed by atoms with Crippen LogP contribution in [0.1, 0.15) is 5.56 Å². The summed E-state index contributed by atoms with van der Waals surface area (Å²) in [6.45, 7) is 5.82. The van der Waals surface area contributed by atoms with E-state index in [2.05, 4.69) is 47.7 Å². The Morgan fingerprint density at radius 2 is 1.94 bits per heavy atom. The Labute approximate surface area is 102 Å². The second kappa shape index (κ2) is 4.08. The number of benzene rings is 1. The van der Waals surface area contributed by atoms with Gasteiger partial charge in [-0.2, -0.15) is 0 Å². The van der Waals surface area contributed by atoms with E-state index < -0.39 is 0 Å². The van der Waals surface area contributed by atoms with Gasteiger partial charge >= 0.3 is 0 Å². The molecule has 3 heteroatoms. The van der Waals surface area contributed by atoms with Crippen molar-refractivity contribution in [2.75, 3.05) is 31.2 Å². The van der Waals surface area contributed by atoms with Crippen LogP contribution in [-0.4, -0.2) is 30.9 Å². The first kappa shape index (κ1) is 10.7. The van der Waals surface area contributed by atoms with Crippen LogP contribution in [0.4, 0.5) is 5.82 Å². The van der Waals surface area contributed by atoms with Gasteiger partial charge in [-0.15, -0.1) is 0 Å². The SMILES string of the molecule is Cc1cccc2c1cc(N1CCOCC1)n2C. The lowest BCUT2D eigenvalue weighted by Gasteiger charge is -2.28. The maximum absolute atomic E-state index is 5.41. The molecule has 0 amide bonds. The molecule has 2 heterocycles. The van der Waals surface area contributed by atoms with Crippen LogP contribution in [0.15, 0.2) is 24.3 Å². The van der Waals surface area contributed by atoms with Crippen molar-refractivity contribution in [2.24, 2.45) is 7.05 Å². The maximum atomic E-state index is 5.41. The first-order chi connectivity index (χ1) is 8.27. The molecule has 17 heavy (non-hydrogen) atoms. The summed E-state index contributed by atoms with van der Waals surface area (Å²) in [7, 11) is 2.15. The Kier molecular flexibility index (Phi) is 2.56. The zero-order chi connectivity index (χ0) is 11.8. The van der Waals surface area contributed by atoms with Crippen molar-refractivity contribution in [2.45, 2.75) is 6.92 Å². The first-order valence-corrected chi connectivity index (χ1v) is 6.15. The zero-order valence-electron chi connectivity index (χ0n) is 10.4. The van der Waals surface area contributed by atoms with Crippen molar-refractivity contribution in [3.63, 3.8) is 0 Å². The van der Waals surface area contributed by atoms with Crippen molar-refractivity contribution in [1.29, 1.82) is 0 Å². The lowest BCUT2D eigenvalue weighted by atomic mass is 10.1. The Balaban J connectivity index is 2.10. The molecule has 1 aliphatic heterocycles. The molecule has 0 saturated carbocycles. The Hall–Kier alpha value is -1.48. The molecule has 3 rings (SSSR count). The quantitative estimate of drug-likeness (QED) is 0.748. The minimum atomic E-state index is 0.834. The molecule has 0 radical (unpaired) electrons. The van der Waals surface area contributed by atoms with Crippen molar-refractivity contribution >= 4 is 16.7 Å². The van der Waals surface area contributed by atoms with Crippen molar-refractivity contribution in [3.8, 4) is 0 Å². The van der Waals surface area contributed by atoms with E-state index in [1.54, 1.807) is 0 Å². The number of ether oxygens (including phenoxy) is 1. The first-order valence-electron chi connectivity index (χ1n) is 6.15. The number of aromatic nitrogens is 1. The van der Waals surface area contributed by atoms with E-state index in [0.29, 0.717) is 0 Å². The van der Waals surface area contributed by atoms with E-state index in [0.717, 1.165) is 26.3 Å². The number of anilines is 1. The summed E-state index contributed by atoms with van der Waals surface area (Å²) in [5.41, 5.74) is 2.66. The van der Waals surface area contributed by atoms with Crippen molar-refractivity contribution in [1.82, 2.24) is 4.57 Å². The lowest BCUT2D eigenvalue weighted by molar-refractivity contribution is 0.122. The summed E-state index contributed by atoms with van der Waals surface area (Å²) in [4.78, 5) is 2.41. The third-order valence-corrected chi connectivity index (χ3v) is 3.61. The second-order valence-electron chi connectivity index (χ2n) is 4.67. The van der Waals surface area contributed by atoms with Crippen molar-refractivity contribution < 1.29 is 4.74 Å². The highest BCUT2D eigenvalue weighted by Gasteiger charge is 2.16. The predicted molar refractivity (Wildman–Crippen MR) is 70.7 cm³/mol. The van der Waals surface area contributed by atoms with Gasteiger partial charge in [-0.25, -0.2) is 0 Å². The number of rotatable bonds is 1. The molecule has 1 saturated heterocycles. The van der Waals surface area contributed by atoms with Gasteiger partial charge in [0.05, 0.1) is 13.2 Å². The van der Waals surface area contributed by atoms with Crippen LogP contribution in [0.5, 0.6) is 0 Å². The van der Waals surface area contributed by atoms with Crippen LogP contribution in [-0.2, 0) is 11.8 Å². The lowest BCUT2D eigenvalue weighted by Crippen LogP contribution is -2.37. The smallest absolute Gasteiger partial charge is 0.109 e. The van der Waals surface area contributed by atoms with Crippen LogP contribution in [0.2, 0.25) is 0 Å². The highest BCUT2D eigenvalue weighted by Crippen LogP contribution is 2.28. The molecule has 1 aromatic carbocycles. The third kappa shape index (κ3) is 1.71. The summed E-state index contributed by atoms with van der Waals surface area (Å²) >= 11 is 0. The van der Waals surface area contributed by atoms with E-state index in [1.165, 1.54) is 22.3 Å². The highest BCUT2D eigenvalue weighted by molar-refractivity contribution is 5.88. The van der Waals surface area contributed by atoms with E-state index in [4.69, 9.17) is 4.74 Å². The summed E-state index contributed by atoms with van der Waals surface area (Å²) < 4.78 is 7.69. The fraction of sp³-hybridized carbons (Fsp3) is 0.429. The molecule has 0 unspecified atom stereocenters. The van der Waals surface area contributed by atoms with Crippen LogP contribution in [0.3, 0.4) is 0 Å². The van der Waals surface area contributed by atoms with Gasteiger partial charge in [0, 0.05) is 31.0 Å². The van der Waals surface area contributed by atoms with Gasteiger partial charge in [0.2, 0.25) is 0 Å². The average Bonchev–Trinajstić information content (AvgIpc) is 2.70. The molecule has 1 aromatic heterocycles. The molecule has 0 bridgehead atoms. The van der Waals surface area contributed by atoms with Gasteiger partial charge in [-0.1, -0.05) is 12.1 Å². The number of hydrogen-bond acceptors (Lipinski definition) is 2. The fourth-order valence-electron chi connectivity index (χ4n) is 2.59. The zero-order valence-corrected chi connectivity index (χ0v) is 10.4. The monoisotopic (exact) mass is 230 g/mol. The van der Waals surface area contributed by atoms with Gasteiger partial charge in [0.15, 0.2) is 0 Å². The molecule has 0 atom stereocenters. The van der Waals surface area contributed by atoms with Gasteiger partial charge in [0.25, 0.3) is 0 Å². The molecule has 0 spiro atoms. The summed E-state index contributed by atoms with van der Waals surface area (Å²) in [6, 6.07) is 8.79. The van der Waals surface area contributed by atoms with Crippen molar-refractivity contribution in [3.05, 3.63) is 29.8 Å². The second-order valence-corrected chi connectivity index (χ2v) is 4.67. The molecule has 1 aliphatic rings.